The van der Waals surface area contributed by atoms with Crippen LogP contribution in [0.15, 0.2) is 42.5 Å². The lowest BCUT2D eigenvalue weighted by molar-refractivity contribution is 0.187. The minimum absolute atomic E-state index is 0.131. The zero-order chi connectivity index (χ0) is 20.9. The molecule has 2 rings (SSSR count). The summed E-state index contributed by atoms with van der Waals surface area (Å²) < 4.78 is 54.4. The monoisotopic (exact) mass is 412 g/mol. The summed E-state index contributed by atoms with van der Waals surface area (Å²) in [4.78, 5) is 14.2. The second kappa shape index (κ2) is 9.01. The maximum atomic E-state index is 13.8. The van der Waals surface area contributed by atoms with E-state index in [1.807, 2.05) is 13.8 Å². The number of nitrogens with one attached hydrogen (secondary N) is 1. The van der Waals surface area contributed by atoms with Crippen LogP contribution in [0.1, 0.15) is 25.8 Å². The molecule has 0 fully saturated rings. The maximum Gasteiger partial charge on any atom is 0.322 e. The SMILES string of the molecule is CCC(C)N(Cc1cccc(OS(C)(=O)=O)c1)C(=O)Nc1ccc(F)cc1F. The normalized spacial score (nSPS) is 12.3. The smallest absolute Gasteiger partial charge is 0.322 e. The topological polar surface area (TPSA) is 75.7 Å². The lowest BCUT2D eigenvalue weighted by Gasteiger charge is -2.29. The number of halogens is 2. The van der Waals surface area contributed by atoms with Gasteiger partial charge in [0, 0.05) is 18.7 Å². The van der Waals surface area contributed by atoms with E-state index in [-0.39, 0.29) is 24.0 Å². The largest absolute Gasteiger partial charge is 0.383 e. The highest BCUT2D eigenvalue weighted by Crippen LogP contribution is 2.20. The highest BCUT2D eigenvalue weighted by Gasteiger charge is 2.21. The Balaban J connectivity index is 2.22. The van der Waals surface area contributed by atoms with Crippen LogP contribution in [0.2, 0.25) is 0 Å². The highest BCUT2D eigenvalue weighted by molar-refractivity contribution is 7.86. The number of carbonyl (C=O) groups excluding carboxylic acids is 1. The Bertz CT molecular complexity index is 951. The number of hydrogen-bond donors (Lipinski definition) is 1. The van der Waals surface area contributed by atoms with Gasteiger partial charge in [-0.25, -0.2) is 13.6 Å². The van der Waals surface area contributed by atoms with Gasteiger partial charge < -0.3 is 14.4 Å². The Morgan fingerprint density at radius 1 is 1.21 bits per heavy atom. The molecule has 1 atom stereocenters. The molecular formula is C19H22F2N2O4S. The first-order chi connectivity index (χ1) is 13.1. The maximum absolute atomic E-state index is 13.8. The first-order valence-corrected chi connectivity index (χ1v) is 10.4. The van der Waals surface area contributed by atoms with E-state index < -0.39 is 27.8 Å². The van der Waals surface area contributed by atoms with Crippen LogP contribution in [0.3, 0.4) is 0 Å². The van der Waals surface area contributed by atoms with Crippen LogP contribution in [0.4, 0.5) is 19.3 Å². The van der Waals surface area contributed by atoms with Crippen molar-refractivity contribution in [3.05, 3.63) is 59.7 Å². The summed E-state index contributed by atoms with van der Waals surface area (Å²) in [5.41, 5.74) is 0.505. The summed E-state index contributed by atoms with van der Waals surface area (Å²) in [5.74, 6) is -1.48. The molecule has 28 heavy (non-hydrogen) atoms. The molecule has 0 aromatic heterocycles. The molecule has 0 spiro atoms. The molecular weight excluding hydrogens is 390 g/mol. The summed E-state index contributed by atoms with van der Waals surface area (Å²) in [5, 5.41) is 2.44. The Labute approximate surface area is 163 Å². The lowest BCUT2D eigenvalue weighted by atomic mass is 10.1. The van der Waals surface area contributed by atoms with Crippen molar-refractivity contribution >= 4 is 21.8 Å². The summed E-state index contributed by atoms with van der Waals surface area (Å²) in [6.07, 6.45) is 1.58. The second-order valence-electron chi connectivity index (χ2n) is 6.37. The fraction of sp³-hybridized carbons (Fsp3) is 0.316. The van der Waals surface area contributed by atoms with Gasteiger partial charge in [-0.15, -0.1) is 0 Å². The first kappa shape index (κ1) is 21.6. The molecule has 0 heterocycles. The number of nitrogens with zero attached hydrogens (tertiary/aromatic N) is 1. The third kappa shape index (κ3) is 6.19. The minimum Gasteiger partial charge on any atom is -0.383 e. The number of rotatable bonds is 7. The van der Waals surface area contributed by atoms with Crippen molar-refractivity contribution in [1.29, 1.82) is 0 Å². The van der Waals surface area contributed by atoms with E-state index in [9.17, 15) is 22.0 Å². The van der Waals surface area contributed by atoms with Crippen molar-refractivity contribution in [3.8, 4) is 5.75 Å². The van der Waals surface area contributed by atoms with Crippen LogP contribution in [-0.4, -0.2) is 31.6 Å². The number of carbonyl (C=O) groups is 1. The van der Waals surface area contributed by atoms with Gasteiger partial charge in [0.2, 0.25) is 0 Å². The molecule has 152 valence electrons. The third-order valence-corrected chi connectivity index (χ3v) is 4.55. The standard InChI is InChI=1S/C19H22F2N2O4S/c1-4-13(2)23(19(24)22-18-9-8-15(20)11-17(18)21)12-14-6-5-7-16(10-14)27-28(3,25)26/h5-11,13H,4,12H2,1-3H3,(H,22,24). The molecule has 0 radical (unpaired) electrons. The average molecular weight is 412 g/mol. The predicted molar refractivity (Wildman–Crippen MR) is 103 cm³/mol. The Morgan fingerprint density at radius 3 is 2.54 bits per heavy atom. The van der Waals surface area contributed by atoms with Gasteiger partial charge in [0.25, 0.3) is 0 Å². The van der Waals surface area contributed by atoms with E-state index in [1.54, 1.807) is 12.1 Å². The van der Waals surface area contributed by atoms with Gasteiger partial charge in [0.1, 0.15) is 17.4 Å². The first-order valence-electron chi connectivity index (χ1n) is 8.60. The van der Waals surface area contributed by atoms with E-state index >= 15 is 0 Å². The van der Waals surface area contributed by atoms with Crippen LogP contribution < -0.4 is 9.50 Å². The van der Waals surface area contributed by atoms with Crippen LogP contribution in [0.5, 0.6) is 5.75 Å². The van der Waals surface area contributed by atoms with Crippen LogP contribution in [0, 0.1) is 11.6 Å². The van der Waals surface area contributed by atoms with Crippen molar-refractivity contribution in [2.24, 2.45) is 0 Å². The van der Waals surface area contributed by atoms with Gasteiger partial charge in [-0.3, -0.25) is 0 Å². The van der Waals surface area contributed by atoms with Crippen molar-refractivity contribution in [1.82, 2.24) is 4.90 Å². The highest BCUT2D eigenvalue weighted by atomic mass is 32.2. The fourth-order valence-corrected chi connectivity index (χ4v) is 2.95. The predicted octanol–water partition coefficient (Wildman–Crippen LogP) is 4.14. The van der Waals surface area contributed by atoms with Gasteiger partial charge in [0.15, 0.2) is 0 Å². The van der Waals surface area contributed by atoms with E-state index in [2.05, 4.69) is 5.32 Å². The number of urea groups is 1. The molecule has 0 saturated heterocycles. The van der Waals surface area contributed by atoms with Gasteiger partial charge in [-0.2, -0.15) is 8.42 Å². The van der Waals surface area contributed by atoms with Crippen molar-refractivity contribution < 1.29 is 26.2 Å². The molecule has 0 aliphatic rings. The summed E-state index contributed by atoms with van der Waals surface area (Å²) in [6, 6.07) is 8.48. The molecule has 2 aromatic rings. The summed E-state index contributed by atoms with van der Waals surface area (Å²) in [6.45, 7) is 3.87. The van der Waals surface area contributed by atoms with Gasteiger partial charge in [0.05, 0.1) is 11.9 Å². The Morgan fingerprint density at radius 2 is 1.93 bits per heavy atom. The number of hydrogen-bond acceptors (Lipinski definition) is 4. The summed E-state index contributed by atoms with van der Waals surface area (Å²) >= 11 is 0. The summed E-state index contributed by atoms with van der Waals surface area (Å²) in [7, 11) is -3.67. The molecule has 9 heteroatoms. The van der Waals surface area contributed by atoms with Crippen molar-refractivity contribution in [3.63, 3.8) is 0 Å². The molecule has 1 N–H and O–H groups in total. The number of anilines is 1. The zero-order valence-corrected chi connectivity index (χ0v) is 16.6. The fourth-order valence-electron chi connectivity index (χ4n) is 2.49. The number of amides is 2. The van der Waals surface area contributed by atoms with E-state index in [4.69, 9.17) is 4.18 Å². The van der Waals surface area contributed by atoms with Crippen LogP contribution >= 0.6 is 0 Å². The molecule has 1 unspecified atom stereocenters. The van der Waals surface area contributed by atoms with E-state index in [1.165, 1.54) is 17.0 Å². The molecule has 0 aliphatic heterocycles. The van der Waals surface area contributed by atoms with Crippen molar-refractivity contribution in [2.75, 3.05) is 11.6 Å². The second-order valence-corrected chi connectivity index (χ2v) is 7.95. The van der Waals surface area contributed by atoms with Crippen molar-refractivity contribution in [2.45, 2.75) is 32.9 Å². The Kier molecular flexibility index (Phi) is 6.95. The Hall–Kier alpha value is -2.68. The minimum atomic E-state index is -3.67. The molecule has 0 bridgehead atoms. The van der Waals surface area contributed by atoms with Crippen LogP contribution in [-0.2, 0) is 16.7 Å². The molecule has 2 amide bonds. The van der Waals surface area contributed by atoms with E-state index in [0.717, 1.165) is 18.4 Å². The number of benzene rings is 2. The molecule has 0 saturated carbocycles. The van der Waals surface area contributed by atoms with Gasteiger partial charge in [-0.1, -0.05) is 19.1 Å². The third-order valence-electron chi connectivity index (χ3n) is 4.06. The quantitative estimate of drug-likeness (QED) is 0.694. The van der Waals surface area contributed by atoms with E-state index in [0.29, 0.717) is 18.1 Å². The zero-order valence-electron chi connectivity index (χ0n) is 15.8. The molecule has 6 nitrogen and oxygen atoms in total. The average Bonchev–Trinajstić information content (AvgIpc) is 2.60. The lowest BCUT2D eigenvalue weighted by Crippen LogP contribution is -2.40. The molecule has 0 aliphatic carbocycles. The van der Waals surface area contributed by atoms with Gasteiger partial charge in [-0.05, 0) is 43.2 Å². The van der Waals surface area contributed by atoms with Crippen LogP contribution in [0.25, 0.3) is 0 Å². The van der Waals surface area contributed by atoms with Gasteiger partial charge >= 0.3 is 16.1 Å². The molecule has 2 aromatic carbocycles.